The molecule has 1 unspecified atom stereocenters. The number of methoxy groups -OCH3 is 1. The first-order chi connectivity index (χ1) is 9.15. The lowest BCUT2D eigenvalue weighted by Gasteiger charge is -2.11. The zero-order valence-electron chi connectivity index (χ0n) is 11.5. The Morgan fingerprint density at radius 3 is 2.95 bits per heavy atom. The lowest BCUT2D eigenvalue weighted by Crippen LogP contribution is -2.17. The van der Waals surface area contributed by atoms with Crippen LogP contribution < -0.4 is 15.8 Å². The molecule has 0 saturated heterocycles. The molecule has 0 aliphatic heterocycles. The van der Waals surface area contributed by atoms with E-state index in [-0.39, 0.29) is 11.8 Å². The predicted octanol–water partition coefficient (Wildman–Crippen LogP) is 1.64. The number of hydrogen-bond acceptors (Lipinski definition) is 4. The van der Waals surface area contributed by atoms with Gasteiger partial charge in [0.1, 0.15) is 12.4 Å². The van der Waals surface area contributed by atoms with Gasteiger partial charge in [-0.3, -0.25) is 4.79 Å². The number of anilines is 1. The van der Waals surface area contributed by atoms with Gasteiger partial charge in [-0.15, -0.1) is 0 Å². The monoisotopic (exact) mass is 266 g/mol. The standard InChI is InChI=1S/C14H22N2O3/c1-11(10-18-2)8-14(17)16-12-4-3-5-13(9-12)19-7-6-15/h3-5,9,11H,6-8,10,15H2,1-2H3,(H,16,17). The zero-order valence-corrected chi connectivity index (χ0v) is 11.5. The molecular formula is C14H22N2O3. The van der Waals surface area contributed by atoms with Gasteiger partial charge in [-0.25, -0.2) is 0 Å². The Bertz CT molecular complexity index is 396. The summed E-state index contributed by atoms with van der Waals surface area (Å²) in [6.07, 6.45) is 0.432. The van der Waals surface area contributed by atoms with Gasteiger partial charge in [0.05, 0.1) is 0 Å². The van der Waals surface area contributed by atoms with Crippen LogP contribution in [0.3, 0.4) is 0 Å². The summed E-state index contributed by atoms with van der Waals surface area (Å²) < 4.78 is 10.4. The van der Waals surface area contributed by atoms with E-state index in [1.165, 1.54) is 0 Å². The minimum Gasteiger partial charge on any atom is -0.492 e. The van der Waals surface area contributed by atoms with Gasteiger partial charge in [0.2, 0.25) is 5.91 Å². The summed E-state index contributed by atoms with van der Waals surface area (Å²) in [4.78, 5) is 11.8. The molecule has 1 aromatic carbocycles. The second-order valence-corrected chi connectivity index (χ2v) is 4.48. The zero-order chi connectivity index (χ0) is 14.1. The Labute approximate surface area is 114 Å². The minimum absolute atomic E-state index is 0.0273. The average Bonchev–Trinajstić information content (AvgIpc) is 2.36. The summed E-state index contributed by atoms with van der Waals surface area (Å²) in [5.74, 6) is 0.871. The first-order valence-corrected chi connectivity index (χ1v) is 6.37. The van der Waals surface area contributed by atoms with Crippen molar-refractivity contribution < 1.29 is 14.3 Å². The minimum atomic E-state index is -0.0273. The number of carbonyl (C=O) groups excluding carboxylic acids is 1. The second-order valence-electron chi connectivity index (χ2n) is 4.48. The van der Waals surface area contributed by atoms with Crippen molar-refractivity contribution in [1.29, 1.82) is 0 Å². The highest BCUT2D eigenvalue weighted by Gasteiger charge is 2.09. The van der Waals surface area contributed by atoms with Crippen LogP contribution in [-0.4, -0.2) is 32.8 Å². The van der Waals surface area contributed by atoms with Crippen LogP contribution in [0.1, 0.15) is 13.3 Å². The molecule has 0 radical (unpaired) electrons. The molecule has 5 nitrogen and oxygen atoms in total. The van der Waals surface area contributed by atoms with Crippen molar-refractivity contribution in [2.75, 3.05) is 32.2 Å². The number of ether oxygens (including phenoxy) is 2. The van der Waals surface area contributed by atoms with E-state index >= 15 is 0 Å². The van der Waals surface area contributed by atoms with Crippen LogP contribution in [-0.2, 0) is 9.53 Å². The highest BCUT2D eigenvalue weighted by molar-refractivity contribution is 5.91. The summed E-state index contributed by atoms with van der Waals surface area (Å²) in [7, 11) is 1.63. The van der Waals surface area contributed by atoms with E-state index < -0.39 is 0 Å². The molecule has 1 rings (SSSR count). The highest BCUT2D eigenvalue weighted by Crippen LogP contribution is 2.17. The fourth-order valence-electron chi connectivity index (χ4n) is 1.71. The van der Waals surface area contributed by atoms with Crippen LogP contribution in [0.5, 0.6) is 5.75 Å². The number of hydrogen-bond donors (Lipinski definition) is 2. The van der Waals surface area contributed by atoms with Gasteiger partial charge in [-0.1, -0.05) is 13.0 Å². The predicted molar refractivity (Wildman–Crippen MR) is 75.3 cm³/mol. The van der Waals surface area contributed by atoms with Gasteiger partial charge in [-0.2, -0.15) is 0 Å². The van der Waals surface area contributed by atoms with E-state index in [1.807, 2.05) is 25.1 Å². The topological polar surface area (TPSA) is 73.6 Å². The van der Waals surface area contributed by atoms with Crippen LogP contribution in [0.4, 0.5) is 5.69 Å². The van der Waals surface area contributed by atoms with Crippen LogP contribution in [0.15, 0.2) is 24.3 Å². The SMILES string of the molecule is COCC(C)CC(=O)Nc1cccc(OCCN)c1. The second kappa shape index (κ2) is 8.50. The Morgan fingerprint density at radius 1 is 1.47 bits per heavy atom. The van der Waals surface area contributed by atoms with Gasteiger partial charge >= 0.3 is 0 Å². The molecule has 3 N–H and O–H groups in total. The molecule has 0 spiro atoms. The van der Waals surface area contributed by atoms with E-state index in [2.05, 4.69) is 5.32 Å². The van der Waals surface area contributed by atoms with Crippen molar-refractivity contribution in [2.24, 2.45) is 11.7 Å². The molecule has 1 atom stereocenters. The molecule has 0 bridgehead atoms. The van der Waals surface area contributed by atoms with Gasteiger partial charge in [-0.05, 0) is 18.1 Å². The first kappa shape index (κ1) is 15.5. The number of nitrogens with one attached hydrogen (secondary N) is 1. The Balaban J connectivity index is 2.49. The summed E-state index contributed by atoms with van der Waals surface area (Å²) in [6, 6.07) is 7.28. The lowest BCUT2D eigenvalue weighted by atomic mass is 10.1. The third kappa shape index (κ3) is 6.22. The Kier molecular flexibility index (Phi) is 6.92. The Morgan fingerprint density at radius 2 is 2.26 bits per heavy atom. The molecule has 0 fully saturated rings. The van der Waals surface area contributed by atoms with Crippen LogP contribution in [0, 0.1) is 5.92 Å². The van der Waals surface area contributed by atoms with Gasteiger partial charge < -0.3 is 20.5 Å². The average molecular weight is 266 g/mol. The van der Waals surface area contributed by atoms with E-state index in [0.717, 1.165) is 5.69 Å². The van der Waals surface area contributed by atoms with Gasteiger partial charge in [0.15, 0.2) is 0 Å². The van der Waals surface area contributed by atoms with Crippen molar-refractivity contribution in [3.8, 4) is 5.75 Å². The normalized spacial score (nSPS) is 11.9. The molecular weight excluding hydrogens is 244 g/mol. The molecule has 19 heavy (non-hydrogen) atoms. The van der Waals surface area contributed by atoms with E-state index in [4.69, 9.17) is 15.2 Å². The van der Waals surface area contributed by atoms with E-state index in [0.29, 0.717) is 31.9 Å². The van der Waals surface area contributed by atoms with Crippen LogP contribution >= 0.6 is 0 Å². The number of nitrogens with two attached hydrogens (primary N) is 1. The fourth-order valence-corrected chi connectivity index (χ4v) is 1.71. The lowest BCUT2D eigenvalue weighted by molar-refractivity contribution is -0.117. The largest absolute Gasteiger partial charge is 0.492 e. The van der Waals surface area contributed by atoms with Gasteiger partial charge in [0, 0.05) is 38.4 Å². The smallest absolute Gasteiger partial charge is 0.224 e. The summed E-state index contributed by atoms with van der Waals surface area (Å²) >= 11 is 0. The van der Waals surface area contributed by atoms with Crippen molar-refractivity contribution >= 4 is 11.6 Å². The quantitative estimate of drug-likeness (QED) is 0.750. The van der Waals surface area contributed by atoms with Crippen molar-refractivity contribution in [1.82, 2.24) is 0 Å². The third-order valence-corrected chi connectivity index (χ3v) is 2.49. The molecule has 5 heteroatoms. The molecule has 0 aliphatic rings. The number of carbonyl (C=O) groups is 1. The summed E-state index contributed by atoms with van der Waals surface area (Å²) in [5.41, 5.74) is 6.10. The number of benzene rings is 1. The highest BCUT2D eigenvalue weighted by atomic mass is 16.5. The maximum absolute atomic E-state index is 11.8. The van der Waals surface area contributed by atoms with Crippen molar-refractivity contribution in [3.63, 3.8) is 0 Å². The molecule has 0 aromatic heterocycles. The number of amides is 1. The van der Waals surface area contributed by atoms with Crippen LogP contribution in [0.25, 0.3) is 0 Å². The third-order valence-electron chi connectivity index (χ3n) is 2.49. The summed E-state index contributed by atoms with van der Waals surface area (Å²) in [6.45, 7) is 3.48. The van der Waals surface area contributed by atoms with E-state index in [1.54, 1.807) is 13.2 Å². The van der Waals surface area contributed by atoms with Gasteiger partial charge in [0.25, 0.3) is 0 Å². The van der Waals surface area contributed by atoms with Crippen LogP contribution in [0.2, 0.25) is 0 Å². The fraction of sp³-hybridized carbons (Fsp3) is 0.500. The molecule has 1 amide bonds. The number of rotatable bonds is 8. The molecule has 0 heterocycles. The molecule has 0 aliphatic carbocycles. The molecule has 106 valence electrons. The molecule has 0 saturated carbocycles. The Hall–Kier alpha value is -1.59. The van der Waals surface area contributed by atoms with Crippen molar-refractivity contribution in [3.05, 3.63) is 24.3 Å². The molecule has 1 aromatic rings. The maximum Gasteiger partial charge on any atom is 0.224 e. The maximum atomic E-state index is 11.8. The van der Waals surface area contributed by atoms with E-state index in [9.17, 15) is 4.79 Å². The van der Waals surface area contributed by atoms with Crippen molar-refractivity contribution in [2.45, 2.75) is 13.3 Å². The summed E-state index contributed by atoms with van der Waals surface area (Å²) in [5, 5.41) is 2.84. The first-order valence-electron chi connectivity index (χ1n) is 6.37.